The Hall–Kier alpha value is -4.20. The molecule has 34 heavy (non-hydrogen) atoms. The highest BCUT2D eigenvalue weighted by Gasteiger charge is 2.25. The maximum absolute atomic E-state index is 6.21. The second-order valence-electron chi connectivity index (χ2n) is 8.69. The van der Waals surface area contributed by atoms with Gasteiger partial charge < -0.3 is 10.1 Å². The first-order chi connectivity index (χ1) is 16.7. The van der Waals surface area contributed by atoms with Crippen LogP contribution in [0, 0.1) is 6.92 Å². The minimum absolute atomic E-state index is 0.249. The summed E-state index contributed by atoms with van der Waals surface area (Å²) in [6.45, 7) is 2.80. The van der Waals surface area contributed by atoms with Crippen LogP contribution in [-0.4, -0.2) is 36.0 Å². The van der Waals surface area contributed by atoms with E-state index in [0.717, 1.165) is 53.0 Å². The summed E-state index contributed by atoms with van der Waals surface area (Å²) >= 11 is 0. The van der Waals surface area contributed by atoms with Gasteiger partial charge in [-0.05, 0) is 60.2 Å². The van der Waals surface area contributed by atoms with Crippen LogP contribution in [0.15, 0.2) is 67.0 Å². The molecular formula is C26H25N7O. The second kappa shape index (κ2) is 8.30. The predicted molar refractivity (Wildman–Crippen MR) is 130 cm³/mol. The van der Waals surface area contributed by atoms with Gasteiger partial charge in [-0.3, -0.25) is 4.68 Å². The van der Waals surface area contributed by atoms with Gasteiger partial charge in [-0.15, -0.1) is 10.2 Å². The fourth-order valence-electron chi connectivity index (χ4n) is 4.58. The number of ether oxygens (including phenoxy) is 1. The quantitative estimate of drug-likeness (QED) is 0.418. The molecule has 5 heterocycles. The molecule has 8 heteroatoms. The normalized spacial score (nSPS) is 15.2. The Morgan fingerprint density at radius 2 is 1.94 bits per heavy atom. The minimum atomic E-state index is 0.249. The van der Waals surface area contributed by atoms with Gasteiger partial charge in [0.15, 0.2) is 5.65 Å². The van der Waals surface area contributed by atoms with Gasteiger partial charge in [-0.1, -0.05) is 24.3 Å². The van der Waals surface area contributed by atoms with Crippen molar-refractivity contribution in [3.63, 3.8) is 0 Å². The first kappa shape index (κ1) is 20.4. The molecule has 1 aromatic carbocycles. The number of nitrogens with one attached hydrogen (secondary N) is 1. The lowest BCUT2D eigenvalue weighted by Crippen LogP contribution is -2.08. The van der Waals surface area contributed by atoms with Crippen molar-refractivity contribution in [1.82, 2.24) is 29.4 Å². The molecule has 1 aliphatic heterocycles. The lowest BCUT2D eigenvalue weighted by Gasteiger charge is -2.14. The van der Waals surface area contributed by atoms with Crippen LogP contribution in [0.5, 0.6) is 5.88 Å². The van der Waals surface area contributed by atoms with Crippen LogP contribution in [0.1, 0.15) is 29.3 Å². The Balaban J connectivity index is 1.35. The van der Waals surface area contributed by atoms with E-state index < -0.39 is 0 Å². The maximum Gasteiger partial charge on any atom is 0.201 e. The zero-order valence-electron chi connectivity index (χ0n) is 19.1. The molecule has 0 amide bonds. The number of hydrogen-bond donors (Lipinski definition) is 1. The molecule has 170 valence electrons. The number of anilines is 2. The van der Waals surface area contributed by atoms with Crippen molar-refractivity contribution in [1.29, 1.82) is 0 Å². The summed E-state index contributed by atoms with van der Waals surface area (Å²) in [5.41, 5.74) is 5.46. The van der Waals surface area contributed by atoms with E-state index in [4.69, 9.17) is 4.74 Å². The van der Waals surface area contributed by atoms with Crippen LogP contribution in [0.3, 0.4) is 0 Å². The highest BCUT2D eigenvalue weighted by molar-refractivity contribution is 5.72. The van der Waals surface area contributed by atoms with Gasteiger partial charge in [0.1, 0.15) is 17.5 Å². The van der Waals surface area contributed by atoms with Crippen molar-refractivity contribution in [2.45, 2.75) is 25.7 Å². The summed E-state index contributed by atoms with van der Waals surface area (Å²) in [5.74, 6) is 3.60. The third-order valence-corrected chi connectivity index (χ3v) is 6.48. The van der Waals surface area contributed by atoms with E-state index in [1.165, 1.54) is 11.1 Å². The molecule has 8 nitrogen and oxygen atoms in total. The summed E-state index contributed by atoms with van der Waals surface area (Å²) in [6, 6.07) is 18.6. The van der Waals surface area contributed by atoms with Crippen molar-refractivity contribution < 1.29 is 4.74 Å². The van der Waals surface area contributed by atoms with E-state index in [2.05, 4.69) is 73.3 Å². The van der Waals surface area contributed by atoms with E-state index in [1.807, 2.05) is 25.2 Å². The third kappa shape index (κ3) is 3.67. The molecule has 0 saturated heterocycles. The van der Waals surface area contributed by atoms with Crippen LogP contribution < -0.4 is 10.1 Å². The number of nitrogens with zero attached hydrogens (tertiary/aromatic N) is 6. The minimum Gasteiger partial charge on any atom is -0.478 e. The fourth-order valence-corrected chi connectivity index (χ4v) is 4.58. The van der Waals surface area contributed by atoms with Gasteiger partial charge in [0.05, 0.1) is 12.8 Å². The van der Waals surface area contributed by atoms with Gasteiger partial charge >= 0.3 is 0 Å². The Morgan fingerprint density at radius 3 is 2.79 bits per heavy atom. The molecule has 1 aliphatic rings. The molecule has 0 fully saturated rings. The lowest BCUT2D eigenvalue weighted by atomic mass is 9.93. The summed E-state index contributed by atoms with van der Waals surface area (Å²) < 4.78 is 10.0. The zero-order chi connectivity index (χ0) is 23.1. The highest BCUT2D eigenvalue weighted by Crippen LogP contribution is 2.34. The molecule has 0 saturated carbocycles. The second-order valence-corrected chi connectivity index (χ2v) is 8.69. The molecule has 5 aromatic rings. The van der Waals surface area contributed by atoms with E-state index in [-0.39, 0.29) is 5.92 Å². The van der Waals surface area contributed by atoms with Crippen LogP contribution in [0.25, 0.3) is 16.8 Å². The lowest BCUT2D eigenvalue weighted by molar-refractivity contribution is 0.296. The maximum atomic E-state index is 6.21. The van der Waals surface area contributed by atoms with Crippen LogP contribution in [0.4, 0.5) is 11.6 Å². The topological polar surface area (TPSA) is 82.2 Å². The smallest absolute Gasteiger partial charge is 0.201 e. The van der Waals surface area contributed by atoms with E-state index in [9.17, 15) is 0 Å². The first-order valence-electron chi connectivity index (χ1n) is 11.4. The monoisotopic (exact) mass is 451 g/mol. The SMILES string of the molecule is Cc1ccccc1CC1CCOc2cc(-c3ccnc(Nc4ccnn4C)c3)cc3nnc1n23. The van der Waals surface area contributed by atoms with E-state index in [1.54, 1.807) is 17.1 Å². The van der Waals surface area contributed by atoms with E-state index in [0.29, 0.717) is 6.61 Å². The fraction of sp³-hybridized carbons (Fsp3) is 0.231. The standard InChI is InChI=1S/C26H25N7O/c1-17-5-3-4-6-18(17)13-20-9-12-34-25-16-21(15-24-30-31-26(20)33(24)25)19-7-10-27-22(14-19)29-23-8-11-28-32(23)2/h3-8,10-11,14-16,20H,9,12-13H2,1-2H3,(H,27,29). The van der Waals surface area contributed by atoms with Crippen molar-refractivity contribution in [2.24, 2.45) is 7.05 Å². The largest absolute Gasteiger partial charge is 0.478 e. The Kier molecular flexibility index (Phi) is 4.98. The molecule has 1 atom stereocenters. The van der Waals surface area contributed by atoms with E-state index >= 15 is 0 Å². The Bertz CT molecular complexity index is 1490. The van der Waals surface area contributed by atoms with Gasteiger partial charge in [-0.25, -0.2) is 9.38 Å². The van der Waals surface area contributed by atoms with Crippen molar-refractivity contribution in [2.75, 3.05) is 11.9 Å². The van der Waals surface area contributed by atoms with Crippen LogP contribution in [0.2, 0.25) is 0 Å². The van der Waals surface area contributed by atoms with Gasteiger partial charge in [0.25, 0.3) is 0 Å². The Morgan fingerprint density at radius 1 is 1.03 bits per heavy atom. The highest BCUT2D eigenvalue weighted by atomic mass is 16.5. The number of aromatic nitrogens is 6. The summed E-state index contributed by atoms with van der Waals surface area (Å²) in [6.07, 6.45) is 5.36. The first-order valence-corrected chi connectivity index (χ1v) is 11.4. The molecular weight excluding hydrogens is 426 g/mol. The summed E-state index contributed by atoms with van der Waals surface area (Å²) in [4.78, 5) is 4.46. The van der Waals surface area contributed by atoms with Gasteiger partial charge in [-0.2, -0.15) is 5.10 Å². The third-order valence-electron chi connectivity index (χ3n) is 6.48. The van der Waals surface area contributed by atoms with Crippen molar-refractivity contribution in [3.05, 3.63) is 83.9 Å². The molecule has 1 N–H and O–H groups in total. The molecule has 4 aromatic heterocycles. The van der Waals surface area contributed by atoms with Gasteiger partial charge in [0, 0.05) is 31.3 Å². The zero-order valence-corrected chi connectivity index (χ0v) is 19.1. The molecule has 6 rings (SSSR count). The van der Waals surface area contributed by atoms with Gasteiger partial charge in [0.2, 0.25) is 5.88 Å². The number of pyridine rings is 2. The average molecular weight is 452 g/mol. The molecule has 0 aliphatic carbocycles. The number of aryl methyl sites for hydroxylation is 2. The molecule has 0 bridgehead atoms. The van der Waals surface area contributed by atoms with Crippen LogP contribution in [-0.2, 0) is 13.5 Å². The number of benzene rings is 1. The van der Waals surface area contributed by atoms with Crippen molar-refractivity contribution >= 4 is 17.3 Å². The summed E-state index contributed by atoms with van der Waals surface area (Å²) in [5, 5.41) is 16.6. The number of rotatable bonds is 5. The van der Waals surface area contributed by atoms with Crippen molar-refractivity contribution in [3.8, 4) is 17.0 Å². The molecule has 0 radical (unpaired) electrons. The van der Waals surface area contributed by atoms with Crippen LogP contribution >= 0.6 is 0 Å². The summed E-state index contributed by atoms with van der Waals surface area (Å²) in [7, 11) is 1.89. The molecule has 1 unspecified atom stereocenters. The molecule has 0 spiro atoms. The number of hydrogen-bond acceptors (Lipinski definition) is 6. The Labute approximate surface area is 197 Å². The average Bonchev–Trinajstić information content (AvgIpc) is 3.41. The predicted octanol–water partition coefficient (Wildman–Crippen LogP) is 4.69.